The molecule has 1 heterocycles. The summed E-state index contributed by atoms with van der Waals surface area (Å²) >= 11 is 0. The first-order valence-corrected chi connectivity index (χ1v) is 5.65. The predicted molar refractivity (Wildman–Crippen MR) is 63.8 cm³/mol. The Morgan fingerprint density at radius 2 is 2.07 bits per heavy atom. The second kappa shape index (κ2) is 4.79. The molecule has 86 valence electrons. The van der Waals surface area contributed by atoms with Crippen molar-refractivity contribution in [3.8, 4) is 0 Å². The topological polar surface area (TPSA) is 43.8 Å². The van der Waals surface area contributed by atoms with Crippen molar-refractivity contribution >= 4 is 0 Å². The van der Waals surface area contributed by atoms with Gasteiger partial charge in [-0.2, -0.15) is 0 Å². The highest BCUT2D eigenvalue weighted by molar-refractivity contribution is 5.08. The summed E-state index contributed by atoms with van der Waals surface area (Å²) in [5, 5.41) is 0. The van der Waals surface area contributed by atoms with Crippen molar-refractivity contribution in [1.29, 1.82) is 0 Å². The number of nitrogens with zero attached hydrogens (tertiary/aromatic N) is 2. The van der Waals surface area contributed by atoms with Crippen LogP contribution in [0.15, 0.2) is 6.33 Å². The molecule has 0 spiro atoms. The largest absolute Gasteiger partial charge is 0.335 e. The first-order valence-electron chi connectivity index (χ1n) is 5.65. The normalized spacial score (nSPS) is 12.1. The van der Waals surface area contributed by atoms with Crippen LogP contribution in [0.5, 0.6) is 0 Å². The minimum Gasteiger partial charge on any atom is -0.335 e. The fraction of sp³-hybridized carbons (Fsp3) is 0.750. The van der Waals surface area contributed by atoms with Crippen LogP contribution in [0.4, 0.5) is 0 Å². The summed E-state index contributed by atoms with van der Waals surface area (Å²) in [4.78, 5) is 4.29. The second-order valence-electron chi connectivity index (χ2n) is 5.08. The molecule has 3 nitrogen and oxygen atoms in total. The second-order valence-corrected chi connectivity index (χ2v) is 5.08. The van der Waals surface area contributed by atoms with Crippen molar-refractivity contribution in [3.63, 3.8) is 0 Å². The van der Waals surface area contributed by atoms with Crippen LogP contribution in [-0.2, 0) is 6.54 Å². The SMILES string of the molecule is Cc1ncn(CCCC(C)(C)CN)c1C. The van der Waals surface area contributed by atoms with Gasteiger partial charge in [-0.15, -0.1) is 0 Å². The average Bonchev–Trinajstić information content (AvgIpc) is 2.49. The van der Waals surface area contributed by atoms with Gasteiger partial charge in [-0.05, 0) is 38.6 Å². The third-order valence-electron chi connectivity index (χ3n) is 3.15. The number of imidazole rings is 1. The number of hydrogen-bond donors (Lipinski definition) is 1. The number of aromatic nitrogens is 2. The van der Waals surface area contributed by atoms with Crippen molar-refractivity contribution in [1.82, 2.24) is 9.55 Å². The number of rotatable bonds is 5. The number of nitrogens with two attached hydrogens (primary N) is 1. The summed E-state index contributed by atoms with van der Waals surface area (Å²) in [6.07, 6.45) is 4.27. The van der Waals surface area contributed by atoms with Crippen LogP contribution in [0.25, 0.3) is 0 Å². The van der Waals surface area contributed by atoms with Gasteiger partial charge in [0.25, 0.3) is 0 Å². The van der Waals surface area contributed by atoms with Gasteiger partial charge in [0.1, 0.15) is 0 Å². The molecule has 2 N–H and O–H groups in total. The molecule has 0 saturated carbocycles. The van der Waals surface area contributed by atoms with Gasteiger partial charge in [0.05, 0.1) is 12.0 Å². The van der Waals surface area contributed by atoms with Crippen molar-refractivity contribution in [3.05, 3.63) is 17.7 Å². The predicted octanol–water partition coefficient (Wildman–Crippen LogP) is 2.27. The molecule has 1 aromatic heterocycles. The third kappa shape index (κ3) is 3.34. The third-order valence-corrected chi connectivity index (χ3v) is 3.15. The van der Waals surface area contributed by atoms with E-state index in [2.05, 4.69) is 37.2 Å². The molecule has 0 saturated heterocycles. The van der Waals surface area contributed by atoms with E-state index in [1.54, 1.807) is 0 Å². The number of hydrogen-bond acceptors (Lipinski definition) is 2. The summed E-state index contributed by atoms with van der Waals surface area (Å²) in [5.74, 6) is 0. The van der Waals surface area contributed by atoms with Gasteiger partial charge in [-0.25, -0.2) is 4.98 Å². The van der Waals surface area contributed by atoms with Gasteiger partial charge in [-0.1, -0.05) is 13.8 Å². The van der Waals surface area contributed by atoms with Gasteiger partial charge in [-0.3, -0.25) is 0 Å². The fourth-order valence-corrected chi connectivity index (χ4v) is 1.60. The van der Waals surface area contributed by atoms with Gasteiger partial charge in [0.2, 0.25) is 0 Å². The summed E-state index contributed by atoms with van der Waals surface area (Å²) in [7, 11) is 0. The van der Waals surface area contributed by atoms with Crippen LogP contribution in [0.3, 0.4) is 0 Å². The van der Waals surface area contributed by atoms with E-state index in [-0.39, 0.29) is 5.41 Å². The van der Waals surface area contributed by atoms with Crippen LogP contribution in [-0.4, -0.2) is 16.1 Å². The van der Waals surface area contributed by atoms with E-state index in [9.17, 15) is 0 Å². The van der Waals surface area contributed by atoms with Crippen LogP contribution in [0.2, 0.25) is 0 Å². The zero-order valence-electron chi connectivity index (χ0n) is 10.4. The molecule has 0 aliphatic rings. The molecular weight excluding hydrogens is 186 g/mol. The van der Waals surface area contributed by atoms with E-state index in [1.807, 2.05) is 6.33 Å². The molecule has 0 bridgehead atoms. The molecule has 0 fully saturated rings. The molecule has 0 unspecified atom stereocenters. The summed E-state index contributed by atoms with van der Waals surface area (Å²) in [5.41, 5.74) is 8.38. The molecule has 0 amide bonds. The lowest BCUT2D eigenvalue weighted by molar-refractivity contribution is 0.327. The van der Waals surface area contributed by atoms with Gasteiger partial charge in [0.15, 0.2) is 0 Å². The smallest absolute Gasteiger partial charge is 0.0951 e. The van der Waals surface area contributed by atoms with Crippen molar-refractivity contribution in [2.24, 2.45) is 11.1 Å². The minimum absolute atomic E-state index is 0.267. The lowest BCUT2D eigenvalue weighted by atomic mass is 9.88. The Kier molecular flexibility index (Phi) is 3.91. The Morgan fingerprint density at radius 3 is 2.53 bits per heavy atom. The Bertz CT molecular complexity index is 313. The molecule has 0 aliphatic heterocycles. The molecule has 0 aromatic carbocycles. The van der Waals surface area contributed by atoms with Crippen molar-refractivity contribution in [2.75, 3.05) is 6.54 Å². The lowest BCUT2D eigenvalue weighted by Crippen LogP contribution is -2.23. The van der Waals surface area contributed by atoms with E-state index in [1.165, 1.54) is 18.5 Å². The molecule has 15 heavy (non-hydrogen) atoms. The molecule has 1 rings (SSSR count). The van der Waals surface area contributed by atoms with Crippen molar-refractivity contribution in [2.45, 2.75) is 47.1 Å². The summed E-state index contributed by atoms with van der Waals surface area (Å²) in [6.45, 7) is 10.4. The fourth-order valence-electron chi connectivity index (χ4n) is 1.60. The maximum Gasteiger partial charge on any atom is 0.0951 e. The van der Waals surface area contributed by atoms with Crippen LogP contribution in [0, 0.1) is 19.3 Å². The molecule has 0 atom stereocenters. The lowest BCUT2D eigenvalue weighted by Gasteiger charge is -2.22. The highest BCUT2D eigenvalue weighted by atomic mass is 15.0. The average molecular weight is 209 g/mol. The van der Waals surface area contributed by atoms with Gasteiger partial charge >= 0.3 is 0 Å². The van der Waals surface area contributed by atoms with E-state index in [0.717, 1.165) is 18.8 Å². The maximum atomic E-state index is 5.70. The highest BCUT2D eigenvalue weighted by Gasteiger charge is 2.14. The molecule has 3 heteroatoms. The monoisotopic (exact) mass is 209 g/mol. The van der Waals surface area contributed by atoms with E-state index in [0.29, 0.717) is 0 Å². The maximum absolute atomic E-state index is 5.70. The molecule has 1 aromatic rings. The Labute approximate surface area is 92.7 Å². The summed E-state index contributed by atoms with van der Waals surface area (Å²) in [6, 6.07) is 0. The Morgan fingerprint density at radius 1 is 1.40 bits per heavy atom. The van der Waals surface area contributed by atoms with Gasteiger partial charge in [0, 0.05) is 12.2 Å². The van der Waals surface area contributed by atoms with E-state index >= 15 is 0 Å². The molecule has 0 radical (unpaired) electrons. The standard InChI is InChI=1S/C12H23N3/c1-10-11(2)15(9-14-10)7-5-6-12(3,4)8-13/h9H,5-8,13H2,1-4H3. The van der Waals surface area contributed by atoms with E-state index in [4.69, 9.17) is 5.73 Å². The summed E-state index contributed by atoms with van der Waals surface area (Å²) < 4.78 is 2.22. The first kappa shape index (κ1) is 12.2. The molecule has 0 aliphatic carbocycles. The molecular formula is C12H23N3. The van der Waals surface area contributed by atoms with Crippen LogP contribution >= 0.6 is 0 Å². The van der Waals surface area contributed by atoms with E-state index < -0.39 is 0 Å². The zero-order chi connectivity index (χ0) is 11.5. The highest BCUT2D eigenvalue weighted by Crippen LogP contribution is 2.20. The van der Waals surface area contributed by atoms with Crippen LogP contribution in [0.1, 0.15) is 38.1 Å². The quantitative estimate of drug-likeness (QED) is 0.808. The van der Waals surface area contributed by atoms with Crippen LogP contribution < -0.4 is 5.73 Å². The Hall–Kier alpha value is -0.830. The van der Waals surface area contributed by atoms with Gasteiger partial charge < -0.3 is 10.3 Å². The zero-order valence-corrected chi connectivity index (χ0v) is 10.4. The minimum atomic E-state index is 0.267. The first-order chi connectivity index (χ1) is 6.96. The number of aryl methyl sites for hydroxylation is 2. The Balaban J connectivity index is 2.42. The van der Waals surface area contributed by atoms with Crippen molar-refractivity contribution < 1.29 is 0 Å².